The van der Waals surface area contributed by atoms with Gasteiger partial charge < -0.3 is 24.0 Å². The minimum atomic E-state index is -0.349. The molecule has 4 rings (SSSR count). The van der Waals surface area contributed by atoms with Crippen LogP contribution in [0.15, 0.2) is 54.6 Å². The summed E-state index contributed by atoms with van der Waals surface area (Å²) >= 11 is 0. The van der Waals surface area contributed by atoms with Crippen molar-refractivity contribution in [2.45, 2.75) is 6.92 Å². The van der Waals surface area contributed by atoms with Gasteiger partial charge in [0.1, 0.15) is 17.2 Å². The summed E-state index contributed by atoms with van der Waals surface area (Å²) in [5.74, 6) is 1.27. The van der Waals surface area contributed by atoms with Crippen molar-refractivity contribution in [1.29, 1.82) is 0 Å². The molecule has 9 nitrogen and oxygen atoms in total. The van der Waals surface area contributed by atoms with Gasteiger partial charge in [0.05, 0.1) is 32.2 Å². The average Bonchev–Trinajstić information content (AvgIpc) is 3.34. The smallest absolute Gasteiger partial charge is 0.409 e. The molecule has 1 aromatic heterocycles. The number of carbonyl (C=O) groups excluding carboxylic acids is 2. The standard InChI is InChI=1S/C25H28N4O5/c1-4-34-25(31)28-14-12-27(13-15-28)24(30)23-17-22(18-6-5-7-21(16-18)33-3)26-29(23)19-8-10-20(32-2)11-9-19/h5-11,16-17H,4,12-15H2,1-3H3. The fourth-order valence-corrected chi connectivity index (χ4v) is 3.85. The number of nitrogens with zero attached hydrogens (tertiary/aromatic N) is 4. The van der Waals surface area contributed by atoms with Crippen LogP contribution in [-0.2, 0) is 4.74 Å². The van der Waals surface area contributed by atoms with E-state index in [1.165, 1.54) is 0 Å². The topological polar surface area (TPSA) is 86.1 Å². The quantitative estimate of drug-likeness (QED) is 0.555. The van der Waals surface area contributed by atoms with Gasteiger partial charge in [0.2, 0.25) is 0 Å². The predicted molar refractivity (Wildman–Crippen MR) is 127 cm³/mol. The number of rotatable bonds is 6. The number of methoxy groups -OCH3 is 2. The Hall–Kier alpha value is -4.01. The average molecular weight is 465 g/mol. The number of hydrogen-bond donors (Lipinski definition) is 0. The van der Waals surface area contributed by atoms with Crippen molar-refractivity contribution in [3.8, 4) is 28.4 Å². The van der Waals surface area contributed by atoms with E-state index in [0.29, 0.717) is 55.7 Å². The van der Waals surface area contributed by atoms with E-state index in [1.807, 2.05) is 48.5 Å². The second kappa shape index (κ2) is 10.3. The van der Waals surface area contributed by atoms with E-state index in [4.69, 9.17) is 19.3 Å². The zero-order valence-corrected chi connectivity index (χ0v) is 19.6. The maximum absolute atomic E-state index is 13.6. The first-order valence-electron chi connectivity index (χ1n) is 11.1. The molecular weight excluding hydrogens is 436 g/mol. The number of aromatic nitrogens is 2. The molecule has 34 heavy (non-hydrogen) atoms. The first-order chi connectivity index (χ1) is 16.5. The highest BCUT2D eigenvalue weighted by Crippen LogP contribution is 2.26. The molecule has 1 aliphatic heterocycles. The summed E-state index contributed by atoms with van der Waals surface area (Å²) in [4.78, 5) is 28.9. The maximum Gasteiger partial charge on any atom is 0.409 e. The van der Waals surface area contributed by atoms with Crippen LogP contribution in [0.5, 0.6) is 11.5 Å². The number of carbonyl (C=O) groups is 2. The molecule has 2 aromatic carbocycles. The molecule has 1 aliphatic rings. The zero-order chi connectivity index (χ0) is 24.1. The molecule has 3 aromatic rings. The minimum Gasteiger partial charge on any atom is -0.497 e. The SMILES string of the molecule is CCOC(=O)N1CCN(C(=O)c2cc(-c3cccc(OC)c3)nn2-c2ccc(OC)cc2)CC1. The van der Waals surface area contributed by atoms with Gasteiger partial charge >= 0.3 is 6.09 Å². The lowest BCUT2D eigenvalue weighted by atomic mass is 10.1. The first-order valence-corrected chi connectivity index (χ1v) is 11.1. The largest absolute Gasteiger partial charge is 0.497 e. The number of piperazine rings is 1. The van der Waals surface area contributed by atoms with Crippen LogP contribution >= 0.6 is 0 Å². The molecular formula is C25H28N4O5. The molecule has 0 aliphatic carbocycles. The summed E-state index contributed by atoms with van der Waals surface area (Å²) in [5, 5.41) is 4.75. The molecule has 1 fully saturated rings. The van der Waals surface area contributed by atoms with Gasteiger partial charge in [-0.1, -0.05) is 12.1 Å². The van der Waals surface area contributed by atoms with Gasteiger partial charge in [-0.15, -0.1) is 0 Å². The molecule has 0 atom stereocenters. The van der Waals surface area contributed by atoms with Crippen molar-refractivity contribution < 1.29 is 23.8 Å². The predicted octanol–water partition coefficient (Wildman–Crippen LogP) is 3.47. The van der Waals surface area contributed by atoms with Crippen LogP contribution in [0.25, 0.3) is 16.9 Å². The van der Waals surface area contributed by atoms with E-state index < -0.39 is 0 Å². The first kappa shape index (κ1) is 23.2. The molecule has 0 spiro atoms. The van der Waals surface area contributed by atoms with Gasteiger partial charge in [-0.25, -0.2) is 9.48 Å². The van der Waals surface area contributed by atoms with Crippen LogP contribution in [0.3, 0.4) is 0 Å². The number of amides is 2. The highest BCUT2D eigenvalue weighted by Gasteiger charge is 2.28. The molecule has 0 radical (unpaired) electrons. The fraction of sp³-hybridized carbons (Fsp3) is 0.320. The van der Waals surface area contributed by atoms with E-state index >= 15 is 0 Å². The van der Waals surface area contributed by atoms with Gasteiger partial charge in [-0.05, 0) is 49.4 Å². The van der Waals surface area contributed by atoms with Gasteiger partial charge in [0.25, 0.3) is 5.91 Å². The molecule has 2 amide bonds. The highest BCUT2D eigenvalue weighted by atomic mass is 16.6. The Bertz CT molecular complexity index is 1150. The lowest BCUT2D eigenvalue weighted by Gasteiger charge is -2.34. The Balaban J connectivity index is 1.65. The summed E-state index contributed by atoms with van der Waals surface area (Å²) in [5.41, 5.74) is 2.67. The normalized spacial score (nSPS) is 13.5. The van der Waals surface area contributed by atoms with Crippen molar-refractivity contribution in [3.63, 3.8) is 0 Å². The molecule has 0 unspecified atom stereocenters. The number of ether oxygens (including phenoxy) is 3. The molecule has 2 heterocycles. The lowest BCUT2D eigenvalue weighted by molar-refractivity contribution is 0.0563. The minimum absolute atomic E-state index is 0.152. The van der Waals surface area contributed by atoms with E-state index in [9.17, 15) is 9.59 Å². The van der Waals surface area contributed by atoms with Gasteiger partial charge in [0, 0.05) is 31.7 Å². The van der Waals surface area contributed by atoms with Gasteiger partial charge in [-0.2, -0.15) is 5.10 Å². The van der Waals surface area contributed by atoms with Crippen LogP contribution in [0.2, 0.25) is 0 Å². The van der Waals surface area contributed by atoms with E-state index in [2.05, 4.69) is 0 Å². The third-order valence-corrected chi connectivity index (χ3v) is 5.70. The Labute approximate surface area is 198 Å². The maximum atomic E-state index is 13.6. The van der Waals surface area contributed by atoms with E-state index in [-0.39, 0.29) is 12.0 Å². The second-order valence-electron chi connectivity index (χ2n) is 7.73. The Kier molecular flexibility index (Phi) is 7.01. The summed E-state index contributed by atoms with van der Waals surface area (Å²) in [7, 11) is 3.22. The van der Waals surface area contributed by atoms with Crippen LogP contribution in [0.1, 0.15) is 17.4 Å². The molecule has 0 saturated carbocycles. The molecule has 0 bridgehead atoms. The monoisotopic (exact) mass is 464 g/mol. The van der Waals surface area contributed by atoms with Crippen molar-refractivity contribution in [3.05, 3.63) is 60.3 Å². The summed E-state index contributed by atoms with van der Waals surface area (Å²) < 4.78 is 17.3. The molecule has 178 valence electrons. The van der Waals surface area contributed by atoms with E-state index in [1.54, 1.807) is 41.7 Å². The third kappa shape index (κ3) is 4.83. The van der Waals surface area contributed by atoms with Crippen molar-refractivity contribution in [2.75, 3.05) is 47.0 Å². The summed E-state index contributed by atoms with van der Waals surface area (Å²) in [6, 6.07) is 16.7. The van der Waals surface area contributed by atoms with Gasteiger partial charge in [-0.3, -0.25) is 4.79 Å². The van der Waals surface area contributed by atoms with Crippen LogP contribution in [0.4, 0.5) is 4.79 Å². The van der Waals surface area contributed by atoms with Crippen LogP contribution < -0.4 is 9.47 Å². The van der Waals surface area contributed by atoms with Crippen molar-refractivity contribution >= 4 is 12.0 Å². The van der Waals surface area contributed by atoms with Crippen molar-refractivity contribution in [1.82, 2.24) is 19.6 Å². The Morgan fingerprint density at radius 1 is 0.882 bits per heavy atom. The fourth-order valence-electron chi connectivity index (χ4n) is 3.85. The van der Waals surface area contributed by atoms with Crippen molar-refractivity contribution in [2.24, 2.45) is 0 Å². The lowest BCUT2D eigenvalue weighted by Crippen LogP contribution is -2.51. The van der Waals surface area contributed by atoms with Crippen LogP contribution in [0, 0.1) is 0 Å². The van der Waals surface area contributed by atoms with Crippen LogP contribution in [-0.4, -0.2) is 78.6 Å². The number of hydrogen-bond acceptors (Lipinski definition) is 6. The molecule has 1 saturated heterocycles. The highest BCUT2D eigenvalue weighted by molar-refractivity contribution is 5.94. The zero-order valence-electron chi connectivity index (χ0n) is 19.6. The second-order valence-corrected chi connectivity index (χ2v) is 7.73. The Morgan fingerprint density at radius 2 is 1.56 bits per heavy atom. The number of benzene rings is 2. The Morgan fingerprint density at radius 3 is 2.21 bits per heavy atom. The van der Waals surface area contributed by atoms with Gasteiger partial charge in [0.15, 0.2) is 0 Å². The summed E-state index contributed by atoms with van der Waals surface area (Å²) in [6.45, 7) is 3.78. The molecule has 9 heteroatoms. The summed E-state index contributed by atoms with van der Waals surface area (Å²) in [6.07, 6.45) is -0.349. The molecule has 0 N–H and O–H groups in total. The third-order valence-electron chi connectivity index (χ3n) is 5.70. The van der Waals surface area contributed by atoms with E-state index in [0.717, 1.165) is 11.3 Å².